The maximum atomic E-state index is 11.7. The monoisotopic (exact) mass is 351 g/mol. The molecular weight excluding hydrogens is 322 g/mol. The first-order valence-corrected chi connectivity index (χ1v) is 8.89. The summed E-state index contributed by atoms with van der Waals surface area (Å²) in [5.41, 5.74) is 0.913. The quantitative estimate of drug-likeness (QED) is 0.695. The van der Waals surface area contributed by atoms with E-state index in [0.717, 1.165) is 37.3 Å². The molecule has 1 aliphatic rings. The highest BCUT2D eigenvalue weighted by Crippen LogP contribution is 2.17. The van der Waals surface area contributed by atoms with E-state index in [2.05, 4.69) is 20.6 Å². The molecule has 0 spiro atoms. The average molecular weight is 351 g/mol. The standard InChI is InChI=1S/C17H29N5O3/c1-4-25-17(23)22-9-6-14(7-10-22)20-15-12-13(2)19-16(21-15)18-8-5-11-24-3/h12,14H,4-11H2,1-3H3,(H2,18,19,20,21). The van der Waals surface area contributed by atoms with Gasteiger partial charge in [0.15, 0.2) is 0 Å². The number of nitrogens with zero attached hydrogens (tertiary/aromatic N) is 3. The molecule has 1 fully saturated rings. The average Bonchev–Trinajstić information content (AvgIpc) is 2.59. The summed E-state index contributed by atoms with van der Waals surface area (Å²) in [7, 11) is 1.69. The van der Waals surface area contributed by atoms with Gasteiger partial charge < -0.3 is 25.0 Å². The lowest BCUT2D eigenvalue weighted by Gasteiger charge is -2.31. The van der Waals surface area contributed by atoms with Crippen LogP contribution in [0, 0.1) is 6.92 Å². The lowest BCUT2D eigenvalue weighted by molar-refractivity contribution is 0.0983. The number of aryl methyl sites for hydroxylation is 1. The third-order valence-electron chi connectivity index (χ3n) is 4.04. The van der Waals surface area contributed by atoms with E-state index in [1.807, 2.05) is 19.9 Å². The fourth-order valence-electron chi connectivity index (χ4n) is 2.77. The minimum Gasteiger partial charge on any atom is -0.450 e. The number of hydrogen-bond acceptors (Lipinski definition) is 7. The van der Waals surface area contributed by atoms with E-state index in [4.69, 9.17) is 9.47 Å². The molecule has 1 aliphatic heterocycles. The summed E-state index contributed by atoms with van der Waals surface area (Å²) < 4.78 is 10.1. The SMILES string of the molecule is CCOC(=O)N1CCC(Nc2cc(C)nc(NCCCOC)n2)CC1. The number of likely N-dealkylation sites (tertiary alicyclic amines) is 1. The molecule has 2 rings (SSSR count). The van der Waals surface area contributed by atoms with Gasteiger partial charge in [-0.2, -0.15) is 4.98 Å². The number of carbonyl (C=O) groups is 1. The first kappa shape index (κ1) is 19.2. The normalized spacial score (nSPS) is 15.1. The fourth-order valence-corrected chi connectivity index (χ4v) is 2.77. The van der Waals surface area contributed by atoms with Gasteiger partial charge in [0.05, 0.1) is 6.61 Å². The van der Waals surface area contributed by atoms with Gasteiger partial charge in [0, 0.05) is 51.2 Å². The number of amides is 1. The Morgan fingerprint density at radius 2 is 2.12 bits per heavy atom. The van der Waals surface area contributed by atoms with E-state index in [-0.39, 0.29) is 6.09 Å². The van der Waals surface area contributed by atoms with Crippen LogP contribution >= 0.6 is 0 Å². The van der Waals surface area contributed by atoms with Crippen LogP contribution in [0.3, 0.4) is 0 Å². The minimum atomic E-state index is -0.221. The second-order valence-electron chi connectivity index (χ2n) is 6.10. The van der Waals surface area contributed by atoms with Crippen LogP contribution in [-0.4, -0.2) is 67.0 Å². The lowest BCUT2D eigenvalue weighted by Crippen LogP contribution is -2.42. The van der Waals surface area contributed by atoms with E-state index < -0.39 is 0 Å². The van der Waals surface area contributed by atoms with Gasteiger partial charge in [0.2, 0.25) is 5.95 Å². The maximum absolute atomic E-state index is 11.7. The van der Waals surface area contributed by atoms with Crippen molar-refractivity contribution in [1.29, 1.82) is 0 Å². The van der Waals surface area contributed by atoms with Gasteiger partial charge in [0.25, 0.3) is 0 Å². The first-order valence-electron chi connectivity index (χ1n) is 8.89. The van der Waals surface area contributed by atoms with Crippen LogP contribution in [0.15, 0.2) is 6.07 Å². The molecule has 1 saturated heterocycles. The molecule has 140 valence electrons. The molecule has 1 aromatic heterocycles. The molecule has 0 saturated carbocycles. The molecule has 0 atom stereocenters. The maximum Gasteiger partial charge on any atom is 0.409 e. The van der Waals surface area contributed by atoms with Crippen molar-refractivity contribution in [3.05, 3.63) is 11.8 Å². The zero-order valence-electron chi connectivity index (χ0n) is 15.4. The van der Waals surface area contributed by atoms with Gasteiger partial charge in [-0.25, -0.2) is 9.78 Å². The first-order chi connectivity index (χ1) is 12.1. The van der Waals surface area contributed by atoms with Crippen LogP contribution in [0.5, 0.6) is 0 Å². The van der Waals surface area contributed by atoms with Crippen LogP contribution in [0.25, 0.3) is 0 Å². The van der Waals surface area contributed by atoms with Gasteiger partial charge in [-0.15, -0.1) is 0 Å². The molecule has 0 unspecified atom stereocenters. The van der Waals surface area contributed by atoms with Crippen LogP contribution in [0.4, 0.5) is 16.6 Å². The number of carbonyl (C=O) groups excluding carboxylic acids is 1. The summed E-state index contributed by atoms with van der Waals surface area (Å²) in [5, 5.41) is 6.68. The van der Waals surface area contributed by atoms with Crippen molar-refractivity contribution in [1.82, 2.24) is 14.9 Å². The molecule has 2 heterocycles. The third-order valence-corrected chi connectivity index (χ3v) is 4.04. The van der Waals surface area contributed by atoms with Crippen LogP contribution in [-0.2, 0) is 9.47 Å². The van der Waals surface area contributed by atoms with Crippen molar-refractivity contribution in [2.24, 2.45) is 0 Å². The highest BCUT2D eigenvalue weighted by Gasteiger charge is 2.23. The van der Waals surface area contributed by atoms with Gasteiger partial charge in [0.1, 0.15) is 5.82 Å². The molecule has 8 heteroatoms. The summed E-state index contributed by atoms with van der Waals surface area (Å²) in [5.74, 6) is 1.44. The van der Waals surface area contributed by atoms with E-state index in [1.165, 1.54) is 0 Å². The summed E-state index contributed by atoms with van der Waals surface area (Å²) in [6, 6.07) is 2.24. The van der Waals surface area contributed by atoms with Crippen molar-refractivity contribution in [3.63, 3.8) is 0 Å². The number of aromatic nitrogens is 2. The van der Waals surface area contributed by atoms with E-state index in [9.17, 15) is 4.79 Å². The smallest absolute Gasteiger partial charge is 0.409 e. The summed E-state index contributed by atoms with van der Waals surface area (Å²) in [6.45, 7) is 7.07. The molecule has 0 radical (unpaired) electrons. The van der Waals surface area contributed by atoms with Gasteiger partial charge in [-0.3, -0.25) is 0 Å². The van der Waals surface area contributed by atoms with Crippen LogP contribution in [0.1, 0.15) is 31.9 Å². The van der Waals surface area contributed by atoms with Crippen molar-refractivity contribution in [3.8, 4) is 0 Å². The second kappa shape index (κ2) is 10.0. The van der Waals surface area contributed by atoms with E-state index in [0.29, 0.717) is 38.3 Å². The van der Waals surface area contributed by atoms with Crippen molar-refractivity contribution < 1.29 is 14.3 Å². The number of piperidine rings is 1. The molecule has 0 aromatic carbocycles. The minimum absolute atomic E-state index is 0.221. The third kappa shape index (κ3) is 6.38. The molecule has 0 bridgehead atoms. The predicted octanol–water partition coefficient (Wildman–Crippen LogP) is 2.27. The molecule has 0 aliphatic carbocycles. The van der Waals surface area contributed by atoms with Crippen LogP contribution < -0.4 is 10.6 Å². The number of methoxy groups -OCH3 is 1. The predicted molar refractivity (Wildman–Crippen MR) is 97.0 cm³/mol. The zero-order valence-corrected chi connectivity index (χ0v) is 15.4. The van der Waals surface area contributed by atoms with Crippen molar-refractivity contribution >= 4 is 17.9 Å². The summed E-state index contributed by atoms with van der Waals surface area (Å²) >= 11 is 0. The molecule has 1 amide bonds. The Hall–Kier alpha value is -2.09. The summed E-state index contributed by atoms with van der Waals surface area (Å²) in [4.78, 5) is 22.4. The number of ether oxygens (including phenoxy) is 2. The number of hydrogen-bond donors (Lipinski definition) is 2. The Bertz CT molecular complexity index is 547. The highest BCUT2D eigenvalue weighted by molar-refractivity contribution is 5.67. The number of rotatable bonds is 8. The van der Waals surface area contributed by atoms with Gasteiger partial charge >= 0.3 is 6.09 Å². The Labute approximate surface area is 149 Å². The zero-order chi connectivity index (χ0) is 18.1. The second-order valence-corrected chi connectivity index (χ2v) is 6.10. The molecule has 2 N–H and O–H groups in total. The Morgan fingerprint density at radius 3 is 2.80 bits per heavy atom. The number of nitrogens with one attached hydrogen (secondary N) is 2. The van der Waals surface area contributed by atoms with E-state index >= 15 is 0 Å². The largest absolute Gasteiger partial charge is 0.450 e. The Balaban J connectivity index is 1.84. The number of anilines is 2. The summed E-state index contributed by atoms with van der Waals surface area (Å²) in [6.07, 6.45) is 2.43. The van der Waals surface area contributed by atoms with Crippen molar-refractivity contribution in [2.45, 2.75) is 39.2 Å². The topological polar surface area (TPSA) is 88.6 Å². The van der Waals surface area contributed by atoms with Crippen molar-refractivity contribution in [2.75, 3.05) is 50.6 Å². The Morgan fingerprint density at radius 1 is 1.36 bits per heavy atom. The molecule has 1 aromatic rings. The van der Waals surface area contributed by atoms with E-state index in [1.54, 1.807) is 12.0 Å². The van der Waals surface area contributed by atoms with Gasteiger partial charge in [-0.05, 0) is 33.1 Å². The molecular formula is C17H29N5O3. The van der Waals surface area contributed by atoms with Crippen LogP contribution in [0.2, 0.25) is 0 Å². The molecule has 25 heavy (non-hydrogen) atoms. The molecule has 8 nitrogen and oxygen atoms in total. The highest BCUT2D eigenvalue weighted by atomic mass is 16.6. The Kier molecular flexibility index (Phi) is 7.72. The van der Waals surface area contributed by atoms with Gasteiger partial charge in [-0.1, -0.05) is 0 Å². The fraction of sp³-hybridized carbons (Fsp3) is 0.706. The lowest BCUT2D eigenvalue weighted by atomic mass is 10.1.